The number of rotatable bonds is 2. The lowest BCUT2D eigenvalue weighted by Gasteiger charge is -1.82. The monoisotopic (exact) mass is 152 g/mol. The predicted octanol–water partition coefficient (Wildman–Crippen LogP) is 1.09. The third-order valence-electron chi connectivity index (χ3n) is 0.328. The third-order valence-corrected chi connectivity index (χ3v) is 0.985. The van der Waals surface area contributed by atoms with E-state index in [2.05, 4.69) is 6.58 Å². The van der Waals surface area contributed by atoms with Crippen molar-refractivity contribution in [3.8, 4) is 0 Å². The molecule has 4 heteroatoms. The average molecular weight is 152 g/mol. The lowest BCUT2D eigenvalue weighted by Crippen LogP contribution is -1.99. The maximum absolute atomic E-state index is 9.72. The highest BCUT2D eigenvalue weighted by Gasteiger charge is 1.95. The lowest BCUT2D eigenvalue weighted by molar-refractivity contribution is 0.487. The minimum Gasteiger partial charge on any atom is -0.285 e. The van der Waals surface area contributed by atoms with Gasteiger partial charge in [-0.05, 0) is 0 Å². The fourth-order valence-electron chi connectivity index (χ4n) is 0.149. The molecule has 0 aromatic rings. The van der Waals surface area contributed by atoms with Gasteiger partial charge in [0.05, 0.1) is 5.75 Å². The van der Waals surface area contributed by atoms with Crippen LogP contribution in [0.2, 0.25) is 0 Å². The van der Waals surface area contributed by atoms with Crippen molar-refractivity contribution in [1.82, 2.24) is 0 Å². The molecule has 0 aliphatic rings. The van der Waals surface area contributed by atoms with Crippen LogP contribution < -0.4 is 0 Å². The molecule has 0 saturated carbocycles. The summed E-state index contributed by atoms with van der Waals surface area (Å²) in [6, 6.07) is 0. The van der Waals surface area contributed by atoms with Crippen LogP contribution in [0.5, 0.6) is 0 Å². The van der Waals surface area contributed by atoms with E-state index in [1.807, 2.05) is 13.8 Å². The molecule has 0 aromatic carbocycles. The van der Waals surface area contributed by atoms with Gasteiger partial charge in [0.25, 0.3) is 10.1 Å². The summed E-state index contributed by atoms with van der Waals surface area (Å²) in [5, 5.41) is 0. The van der Waals surface area contributed by atoms with Gasteiger partial charge in [0.2, 0.25) is 0 Å². The van der Waals surface area contributed by atoms with E-state index in [0.717, 1.165) is 6.08 Å². The van der Waals surface area contributed by atoms with Gasteiger partial charge in [0, 0.05) is 0 Å². The molecule has 0 saturated heterocycles. The third kappa shape index (κ3) is 18.3. The summed E-state index contributed by atoms with van der Waals surface area (Å²) in [6.45, 7) is 7.11. The largest absolute Gasteiger partial charge is 0.285 e. The quantitative estimate of drug-likeness (QED) is 0.476. The molecule has 56 valence electrons. The Morgan fingerprint density at radius 3 is 1.89 bits per heavy atom. The Bertz CT molecular complexity index is 146. The predicted molar refractivity (Wildman–Crippen MR) is 38.0 cm³/mol. The molecular weight excluding hydrogens is 140 g/mol. The standard InChI is InChI=1S/C3H6O3S.C2H6/c1-2-3-7(4,5)6;1-2/h2H,1,3H2,(H,4,5,6);1-2H3. The maximum Gasteiger partial charge on any atom is 0.268 e. The van der Waals surface area contributed by atoms with Crippen LogP contribution in [0.4, 0.5) is 0 Å². The first-order valence-corrected chi connectivity index (χ1v) is 4.23. The Kier molecular flexibility index (Phi) is 7.35. The molecule has 0 heterocycles. The van der Waals surface area contributed by atoms with Crippen molar-refractivity contribution in [3.05, 3.63) is 12.7 Å². The Balaban J connectivity index is 0. The summed E-state index contributed by atoms with van der Waals surface area (Å²) in [5.74, 6) is -0.368. The molecule has 0 aliphatic heterocycles. The molecule has 0 bridgehead atoms. The van der Waals surface area contributed by atoms with Gasteiger partial charge in [-0.2, -0.15) is 8.42 Å². The van der Waals surface area contributed by atoms with E-state index in [1.165, 1.54) is 0 Å². The topological polar surface area (TPSA) is 54.4 Å². The molecule has 0 aromatic heterocycles. The highest BCUT2D eigenvalue weighted by Crippen LogP contribution is 1.78. The van der Waals surface area contributed by atoms with Crippen molar-refractivity contribution in [1.29, 1.82) is 0 Å². The second-order valence-corrected chi connectivity index (χ2v) is 2.53. The molecule has 0 radical (unpaired) electrons. The summed E-state index contributed by atoms with van der Waals surface area (Å²) >= 11 is 0. The van der Waals surface area contributed by atoms with E-state index < -0.39 is 10.1 Å². The molecule has 9 heavy (non-hydrogen) atoms. The molecule has 1 N–H and O–H groups in total. The summed E-state index contributed by atoms with van der Waals surface area (Å²) < 4.78 is 27.3. The van der Waals surface area contributed by atoms with E-state index in [0.29, 0.717) is 0 Å². The second-order valence-electron chi connectivity index (χ2n) is 1.04. The van der Waals surface area contributed by atoms with Crippen molar-refractivity contribution < 1.29 is 13.0 Å². The molecule has 0 fully saturated rings. The van der Waals surface area contributed by atoms with E-state index >= 15 is 0 Å². The fraction of sp³-hybridized carbons (Fsp3) is 0.600. The van der Waals surface area contributed by atoms with E-state index in [9.17, 15) is 8.42 Å². The molecule has 0 amide bonds. The average Bonchev–Trinajstić information content (AvgIpc) is 1.69. The zero-order valence-corrected chi connectivity index (χ0v) is 6.48. The first kappa shape index (κ1) is 11.4. The number of hydrogen-bond acceptors (Lipinski definition) is 2. The first-order chi connectivity index (χ1) is 4.06. The summed E-state index contributed by atoms with van der Waals surface area (Å²) in [6.07, 6.45) is 1.12. The van der Waals surface area contributed by atoms with Gasteiger partial charge in [-0.25, -0.2) is 0 Å². The summed E-state index contributed by atoms with van der Waals surface area (Å²) in [4.78, 5) is 0. The Labute approximate surface area is 56.1 Å². The van der Waals surface area contributed by atoms with Crippen molar-refractivity contribution in [2.45, 2.75) is 13.8 Å². The van der Waals surface area contributed by atoms with Crippen LogP contribution in [0.15, 0.2) is 12.7 Å². The van der Waals surface area contributed by atoms with Gasteiger partial charge in [0.15, 0.2) is 0 Å². The number of hydrogen-bond donors (Lipinski definition) is 1. The normalized spacial score (nSPS) is 9.22. The van der Waals surface area contributed by atoms with Gasteiger partial charge in [-0.15, -0.1) is 6.58 Å². The Morgan fingerprint density at radius 1 is 1.56 bits per heavy atom. The van der Waals surface area contributed by atoms with Crippen LogP contribution in [0.3, 0.4) is 0 Å². The minimum atomic E-state index is -3.79. The molecule has 0 spiro atoms. The van der Waals surface area contributed by atoms with Crippen LogP contribution >= 0.6 is 0 Å². The van der Waals surface area contributed by atoms with Crippen molar-refractivity contribution in [3.63, 3.8) is 0 Å². The first-order valence-electron chi connectivity index (χ1n) is 2.62. The van der Waals surface area contributed by atoms with Gasteiger partial charge in [-0.1, -0.05) is 19.9 Å². The van der Waals surface area contributed by atoms with Crippen molar-refractivity contribution in [2.75, 3.05) is 5.75 Å². The zero-order valence-electron chi connectivity index (χ0n) is 5.66. The van der Waals surface area contributed by atoms with E-state index in [-0.39, 0.29) is 5.75 Å². The summed E-state index contributed by atoms with van der Waals surface area (Å²) in [5.41, 5.74) is 0. The smallest absolute Gasteiger partial charge is 0.268 e. The van der Waals surface area contributed by atoms with Gasteiger partial charge >= 0.3 is 0 Å². The molecule has 0 rings (SSSR count). The summed E-state index contributed by atoms with van der Waals surface area (Å²) in [7, 11) is -3.79. The van der Waals surface area contributed by atoms with Crippen molar-refractivity contribution >= 4 is 10.1 Å². The molecular formula is C5H12O3S. The van der Waals surface area contributed by atoms with Crippen LogP contribution in [0, 0.1) is 0 Å². The maximum atomic E-state index is 9.72. The lowest BCUT2D eigenvalue weighted by atomic mass is 10.8. The van der Waals surface area contributed by atoms with Crippen LogP contribution in [-0.2, 0) is 10.1 Å². The molecule has 0 unspecified atom stereocenters. The van der Waals surface area contributed by atoms with Crippen LogP contribution in [-0.4, -0.2) is 18.7 Å². The van der Waals surface area contributed by atoms with Gasteiger partial charge in [0.1, 0.15) is 0 Å². The SMILES string of the molecule is C=CCS(=O)(=O)O.CC. The molecule has 3 nitrogen and oxygen atoms in total. The second kappa shape index (κ2) is 5.78. The zero-order chi connectivity index (χ0) is 7.91. The minimum absolute atomic E-state index is 0.368. The Morgan fingerprint density at radius 2 is 1.89 bits per heavy atom. The Hall–Kier alpha value is -0.350. The molecule has 0 atom stereocenters. The van der Waals surface area contributed by atoms with Crippen LogP contribution in [0.1, 0.15) is 13.8 Å². The van der Waals surface area contributed by atoms with Gasteiger partial charge < -0.3 is 0 Å². The highest BCUT2D eigenvalue weighted by atomic mass is 32.2. The van der Waals surface area contributed by atoms with E-state index in [1.54, 1.807) is 0 Å². The van der Waals surface area contributed by atoms with Crippen LogP contribution in [0.25, 0.3) is 0 Å². The van der Waals surface area contributed by atoms with Gasteiger partial charge in [-0.3, -0.25) is 4.55 Å². The van der Waals surface area contributed by atoms with E-state index in [4.69, 9.17) is 4.55 Å². The van der Waals surface area contributed by atoms with Crippen molar-refractivity contribution in [2.24, 2.45) is 0 Å². The molecule has 0 aliphatic carbocycles. The highest BCUT2D eigenvalue weighted by molar-refractivity contribution is 7.85. The fourth-order valence-corrected chi connectivity index (χ4v) is 0.447.